The molecule has 90 valence electrons. The van der Waals surface area contributed by atoms with E-state index in [4.69, 9.17) is 4.74 Å². The van der Waals surface area contributed by atoms with Crippen molar-refractivity contribution in [1.82, 2.24) is 10.3 Å². The monoisotopic (exact) mass is 222 g/mol. The molecule has 0 saturated carbocycles. The Balaban J connectivity index is 2.42. The van der Waals surface area contributed by atoms with Gasteiger partial charge in [0.25, 0.3) is 0 Å². The molecule has 0 aliphatic rings. The molecule has 0 atom stereocenters. The minimum absolute atomic E-state index is 0.722. The fourth-order valence-electron chi connectivity index (χ4n) is 1.73. The maximum atomic E-state index is 5.20. The Morgan fingerprint density at radius 3 is 2.75 bits per heavy atom. The van der Waals surface area contributed by atoms with Crippen LogP contribution in [0.15, 0.2) is 18.3 Å². The molecule has 0 fully saturated rings. The summed E-state index contributed by atoms with van der Waals surface area (Å²) in [6.45, 7) is 6.36. The molecule has 1 aromatic heterocycles. The highest BCUT2D eigenvalue weighted by Gasteiger charge is 2.05. The average Bonchev–Trinajstić information content (AvgIpc) is 2.35. The predicted octanol–water partition coefficient (Wildman–Crippen LogP) is 2.62. The first kappa shape index (κ1) is 13.0. The largest absolute Gasteiger partial charge is 0.481 e. The number of methoxy groups -OCH3 is 1. The van der Waals surface area contributed by atoms with Gasteiger partial charge in [-0.05, 0) is 18.5 Å². The van der Waals surface area contributed by atoms with E-state index < -0.39 is 0 Å². The number of hydrogen-bond acceptors (Lipinski definition) is 3. The Hall–Kier alpha value is -1.09. The van der Waals surface area contributed by atoms with Crippen molar-refractivity contribution in [3.8, 4) is 5.88 Å². The van der Waals surface area contributed by atoms with Gasteiger partial charge in [0.2, 0.25) is 5.88 Å². The van der Waals surface area contributed by atoms with Crippen LogP contribution in [-0.2, 0) is 6.54 Å². The van der Waals surface area contributed by atoms with Crippen LogP contribution in [-0.4, -0.2) is 18.6 Å². The van der Waals surface area contributed by atoms with E-state index in [1.54, 1.807) is 13.3 Å². The average molecular weight is 222 g/mol. The molecule has 0 aliphatic carbocycles. The highest BCUT2D eigenvalue weighted by molar-refractivity contribution is 5.24. The number of hydrogen-bond donors (Lipinski definition) is 1. The maximum absolute atomic E-state index is 5.20. The third-order valence-corrected chi connectivity index (χ3v) is 2.95. The Morgan fingerprint density at radius 1 is 1.38 bits per heavy atom. The maximum Gasteiger partial charge on any atom is 0.217 e. The molecule has 3 heteroatoms. The van der Waals surface area contributed by atoms with E-state index in [1.165, 1.54) is 12.8 Å². The van der Waals surface area contributed by atoms with Gasteiger partial charge in [0.05, 0.1) is 7.11 Å². The van der Waals surface area contributed by atoms with Crippen LogP contribution < -0.4 is 10.1 Å². The zero-order valence-corrected chi connectivity index (χ0v) is 10.5. The topological polar surface area (TPSA) is 34.2 Å². The summed E-state index contributed by atoms with van der Waals surface area (Å²) in [5.41, 5.74) is 1.12. The van der Waals surface area contributed by atoms with Gasteiger partial charge in [-0.2, -0.15) is 0 Å². The van der Waals surface area contributed by atoms with E-state index >= 15 is 0 Å². The molecular weight excluding hydrogens is 200 g/mol. The molecule has 0 radical (unpaired) electrons. The third-order valence-electron chi connectivity index (χ3n) is 2.95. The van der Waals surface area contributed by atoms with Crippen molar-refractivity contribution in [2.45, 2.75) is 33.2 Å². The van der Waals surface area contributed by atoms with Crippen LogP contribution in [0.2, 0.25) is 0 Å². The van der Waals surface area contributed by atoms with Gasteiger partial charge >= 0.3 is 0 Å². The second-order valence-corrected chi connectivity index (χ2v) is 3.99. The van der Waals surface area contributed by atoms with Gasteiger partial charge in [-0.1, -0.05) is 32.8 Å². The summed E-state index contributed by atoms with van der Waals surface area (Å²) in [5.74, 6) is 1.49. The lowest BCUT2D eigenvalue weighted by Crippen LogP contribution is -2.22. The molecule has 0 unspecified atom stereocenters. The fourth-order valence-corrected chi connectivity index (χ4v) is 1.73. The Labute approximate surface area is 98.2 Å². The Morgan fingerprint density at radius 2 is 2.12 bits per heavy atom. The Bertz CT molecular complexity index is 298. The summed E-state index contributed by atoms with van der Waals surface area (Å²) in [6, 6.07) is 3.99. The second-order valence-electron chi connectivity index (χ2n) is 3.99. The van der Waals surface area contributed by atoms with E-state index in [1.807, 2.05) is 12.1 Å². The van der Waals surface area contributed by atoms with Crippen LogP contribution in [0.4, 0.5) is 0 Å². The summed E-state index contributed by atoms with van der Waals surface area (Å²) in [4.78, 5) is 4.17. The van der Waals surface area contributed by atoms with Crippen LogP contribution in [0.3, 0.4) is 0 Å². The minimum atomic E-state index is 0.722. The van der Waals surface area contributed by atoms with Crippen LogP contribution in [0.25, 0.3) is 0 Å². The van der Waals surface area contributed by atoms with Crippen molar-refractivity contribution in [3.63, 3.8) is 0 Å². The van der Waals surface area contributed by atoms with Gasteiger partial charge in [0.1, 0.15) is 0 Å². The van der Waals surface area contributed by atoms with Crippen molar-refractivity contribution in [3.05, 3.63) is 23.9 Å². The van der Waals surface area contributed by atoms with Gasteiger partial charge < -0.3 is 10.1 Å². The second kappa shape index (κ2) is 7.23. The normalized spacial score (nSPS) is 10.8. The molecule has 1 aromatic rings. The molecule has 0 amide bonds. The van der Waals surface area contributed by atoms with Crippen LogP contribution in [0, 0.1) is 5.92 Å². The molecule has 1 N–H and O–H groups in total. The first-order chi connectivity index (χ1) is 7.81. The van der Waals surface area contributed by atoms with Gasteiger partial charge in [-0.15, -0.1) is 0 Å². The fraction of sp³-hybridized carbons (Fsp3) is 0.615. The first-order valence-corrected chi connectivity index (χ1v) is 6.00. The first-order valence-electron chi connectivity index (χ1n) is 6.00. The highest BCUT2D eigenvalue weighted by Crippen LogP contribution is 2.13. The molecule has 1 rings (SSSR count). The zero-order chi connectivity index (χ0) is 11.8. The molecule has 0 aromatic carbocycles. The summed E-state index contributed by atoms with van der Waals surface area (Å²) in [5, 5.41) is 3.46. The Kier molecular flexibility index (Phi) is 5.86. The molecule has 0 aliphatic heterocycles. The minimum Gasteiger partial charge on any atom is -0.481 e. The van der Waals surface area contributed by atoms with Gasteiger partial charge in [0.15, 0.2) is 0 Å². The standard InChI is InChI=1S/C13H22N2O/c1-4-11(5-2)9-14-10-12-7-6-8-15-13(12)16-3/h6-8,11,14H,4-5,9-10H2,1-3H3. The lowest BCUT2D eigenvalue weighted by atomic mass is 10.0. The van der Waals surface area contributed by atoms with Gasteiger partial charge in [-0.25, -0.2) is 4.98 Å². The zero-order valence-electron chi connectivity index (χ0n) is 10.5. The third kappa shape index (κ3) is 3.81. The summed E-state index contributed by atoms with van der Waals surface area (Å²) in [7, 11) is 1.66. The molecule has 0 saturated heterocycles. The summed E-state index contributed by atoms with van der Waals surface area (Å²) < 4.78 is 5.20. The molecule has 0 bridgehead atoms. The van der Waals surface area contributed by atoms with E-state index in [0.717, 1.165) is 30.5 Å². The highest BCUT2D eigenvalue weighted by atomic mass is 16.5. The lowest BCUT2D eigenvalue weighted by Gasteiger charge is -2.14. The summed E-state index contributed by atoms with van der Waals surface area (Å²) in [6.07, 6.45) is 4.21. The number of aromatic nitrogens is 1. The van der Waals surface area contributed by atoms with Crippen molar-refractivity contribution in [2.24, 2.45) is 5.92 Å². The molecule has 0 spiro atoms. The van der Waals surface area contributed by atoms with Crippen molar-refractivity contribution in [1.29, 1.82) is 0 Å². The number of nitrogens with one attached hydrogen (secondary N) is 1. The lowest BCUT2D eigenvalue weighted by molar-refractivity contribution is 0.387. The number of nitrogens with zero attached hydrogens (tertiary/aromatic N) is 1. The molecule has 1 heterocycles. The van der Waals surface area contributed by atoms with E-state index in [-0.39, 0.29) is 0 Å². The van der Waals surface area contributed by atoms with E-state index in [2.05, 4.69) is 24.1 Å². The van der Waals surface area contributed by atoms with Crippen molar-refractivity contribution in [2.75, 3.05) is 13.7 Å². The van der Waals surface area contributed by atoms with Crippen LogP contribution >= 0.6 is 0 Å². The molecule has 3 nitrogen and oxygen atoms in total. The van der Waals surface area contributed by atoms with Crippen molar-refractivity contribution < 1.29 is 4.74 Å². The SMILES string of the molecule is CCC(CC)CNCc1cccnc1OC. The smallest absolute Gasteiger partial charge is 0.217 e. The number of pyridine rings is 1. The van der Waals surface area contributed by atoms with Crippen molar-refractivity contribution >= 4 is 0 Å². The quantitative estimate of drug-likeness (QED) is 0.770. The van der Waals surface area contributed by atoms with Gasteiger partial charge in [-0.3, -0.25) is 0 Å². The predicted molar refractivity (Wildman–Crippen MR) is 66.6 cm³/mol. The molecule has 16 heavy (non-hydrogen) atoms. The summed E-state index contributed by atoms with van der Waals surface area (Å²) >= 11 is 0. The number of rotatable bonds is 7. The number of ether oxygens (including phenoxy) is 1. The van der Waals surface area contributed by atoms with Gasteiger partial charge in [0, 0.05) is 18.3 Å². The van der Waals surface area contributed by atoms with E-state index in [0.29, 0.717) is 0 Å². The molecular formula is C13H22N2O. The van der Waals surface area contributed by atoms with E-state index in [9.17, 15) is 0 Å². The van der Waals surface area contributed by atoms with Crippen LogP contribution in [0.5, 0.6) is 5.88 Å². The van der Waals surface area contributed by atoms with Crippen LogP contribution in [0.1, 0.15) is 32.3 Å².